The molecule has 1 aromatic heterocycles. The summed E-state index contributed by atoms with van der Waals surface area (Å²) in [6.07, 6.45) is 7.39. The lowest BCUT2D eigenvalue weighted by Gasteiger charge is -2.34. The van der Waals surface area contributed by atoms with Crippen molar-refractivity contribution in [3.05, 3.63) is 36.2 Å². The van der Waals surface area contributed by atoms with E-state index in [9.17, 15) is 14.7 Å². The number of rotatable bonds is 4. The number of nitrogens with one attached hydrogen (secondary N) is 1. The summed E-state index contributed by atoms with van der Waals surface area (Å²) in [6.45, 7) is 1.31. The van der Waals surface area contributed by atoms with Crippen LogP contribution in [-0.2, 0) is 9.59 Å². The number of nitrogens with two attached hydrogens (primary N) is 1. The fourth-order valence-corrected chi connectivity index (χ4v) is 2.99. The number of hydrogen-bond acceptors (Lipinski definition) is 7. The Kier molecular flexibility index (Phi) is 4.02. The molecule has 0 bridgehead atoms. The van der Waals surface area contributed by atoms with Crippen molar-refractivity contribution >= 4 is 23.6 Å². The Morgan fingerprint density at radius 3 is 2.90 bits per heavy atom. The Balaban J connectivity index is 2.43. The van der Waals surface area contributed by atoms with Crippen molar-refractivity contribution in [1.29, 1.82) is 0 Å². The molecule has 1 aliphatic carbocycles. The monoisotopic (exact) mass is 295 g/mol. The Morgan fingerprint density at radius 2 is 2.35 bits per heavy atom. The molecule has 106 valence electrons. The van der Waals surface area contributed by atoms with Crippen LogP contribution in [0.5, 0.6) is 0 Å². The molecule has 0 fully saturated rings. The van der Waals surface area contributed by atoms with Crippen molar-refractivity contribution in [1.82, 2.24) is 19.8 Å². The summed E-state index contributed by atoms with van der Waals surface area (Å²) in [5.74, 6) is 3.15. The largest absolute Gasteiger partial charge is 0.372 e. The fraction of sp³-hybridized carbons (Fsp3) is 0.273. The van der Waals surface area contributed by atoms with E-state index in [0.29, 0.717) is 0 Å². The quantitative estimate of drug-likeness (QED) is 0.286. The third-order valence-electron chi connectivity index (χ3n) is 2.81. The van der Waals surface area contributed by atoms with Crippen LogP contribution in [0.25, 0.3) is 0 Å². The van der Waals surface area contributed by atoms with Crippen LogP contribution in [0.15, 0.2) is 36.2 Å². The highest BCUT2D eigenvalue weighted by Crippen LogP contribution is 2.41. The molecule has 8 nitrogen and oxygen atoms in total. The lowest BCUT2D eigenvalue weighted by molar-refractivity contribution is -0.127. The van der Waals surface area contributed by atoms with E-state index in [1.54, 1.807) is 0 Å². The van der Waals surface area contributed by atoms with Gasteiger partial charge in [-0.25, -0.2) is 5.84 Å². The van der Waals surface area contributed by atoms with Gasteiger partial charge in [-0.3, -0.25) is 15.0 Å². The van der Waals surface area contributed by atoms with Crippen molar-refractivity contribution in [3.63, 3.8) is 0 Å². The zero-order valence-corrected chi connectivity index (χ0v) is 11.4. The minimum absolute atomic E-state index is 0.0918. The molecule has 2 atom stereocenters. The molecule has 1 heterocycles. The first-order valence-corrected chi connectivity index (χ1v) is 6.45. The number of amides is 1. The average molecular weight is 295 g/mol. The number of hydrogen-bond donors (Lipinski definition) is 3. The first kappa shape index (κ1) is 14.4. The van der Waals surface area contributed by atoms with E-state index >= 15 is 0 Å². The molecule has 2 unspecified atom stereocenters. The molecule has 0 saturated heterocycles. The summed E-state index contributed by atoms with van der Waals surface area (Å²) in [7, 11) is 0. The maximum atomic E-state index is 11.8. The molecule has 0 saturated carbocycles. The molecule has 0 aromatic carbocycles. The highest BCUT2D eigenvalue weighted by molar-refractivity contribution is 7.99. The normalized spacial score (nSPS) is 25.1. The van der Waals surface area contributed by atoms with Gasteiger partial charge < -0.3 is 5.11 Å². The minimum Gasteiger partial charge on any atom is -0.372 e. The highest BCUT2D eigenvalue weighted by atomic mass is 32.2. The van der Waals surface area contributed by atoms with Crippen LogP contribution in [0.3, 0.4) is 0 Å². The van der Waals surface area contributed by atoms with Gasteiger partial charge in [0.15, 0.2) is 10.7 Å². The highest BCUT2D eigenvalue weighted by Gasteiger charge is 2.47. The molecule has 1 aromatic rings. The summed E-state index contributed by atoms with van der Waals surface area (Å²) in [6, 6.07) is 0. The lowest BCUT2D eigenvalue weighted by atomic mass is 9.87. The van der Waals surface area contributed by atoms with Crippen molar-refractivity contribution in [3.8, 4) is 0 Å². The van der Waals surface area contributed by atoms with E-state index in [4.69, 9.17) is 5.84 Å². The van der Waals surface area contributed by atoms with Gasteiger partial charge in [0.05, 0.1) is 12.4 Å². The van der Waals surface area contributed by atoms with Crippen molar-refractivity contribution in [2.75, 3.05) is 0 Å². The Morgan fingerprint density at radius 1 is 1.60 bits per heavy atom. The Hall–Kier alpha value is -1.97. The zero-order valence-electron chi connectivity index (χ0n) is 10.6. The third kappa shape index (κ3) is 2.50. The molecular weight excluding hydrogens is 282 g/mol. The number of nitrogens with zero attached hydrogens (tertiary/aromatic N) is 3. The van der Waals surface area contributed by atoms with Crippen molar-refractivity contribution in [2.45, 2.75) is 11.9 Å². The summed E-state index contributed by atoms with van der Waals surface area (Å²) in [5.41, 5.74) is 2.07. The number of hydrazine groups is 1. The van der Waals surface area contributed by atoms with Gasteiger partial charge in [-0.05, 0) is 6.92 Å². The minimum atomic E-state index is -1.81. The molecule has 0 radical (unpaired) electrons. The second kappa shape index (κ2) is 5.57. The van der Waals surface area contributed by atoms with Crippen LogP contribution in [0, 0.1) is 5.92 Å². The lowest BCUT2D eigenvalue weighted by Crippen LogP contribution is -2.49. The van der Waals surface area contributed by atoms with E-state index in [1.165, 1.54) is 41.6 Å². The first-order valence-electron chi connectivity index (χ1n) is 5.67. The average Bonchev–Trinajstić information content (AvgIpc) is 2.90. The number of allylic oxidation sites excluding steroid dienone is 2. The smallest absolute Gasteiger partial charge is 0.245 e. The van der Waals surface area contributed by atoms with Gasteiger partial charge in [0.1, 0.15) is 5.92 Å². The van der Waals surface area contributed by atoms with Gasteiger partial charge >= 0.3 is 0 Å². The molecule has 4 N–H and O–H groups in total. The number of aliphatic hydroxyl groups is 1. The van der Waals surface area contributed by atoms with Gasteiger partial charge in [-0.1, -0.05) is 23.4 Å². The fourth-order valence-electron chi connectivity index (χ4n) is 1.90. The first-order chi connectivity index (χ1) is 9.49. The number of carbonyl (C=O) groups is 2. The zero-order chi connectivity index (χ0) is 14.8. The Bertz CT molecular complexity index is 583. The SMILES string of the molecule is CC(=O)C1=CC=CC(C(=O)NN)C1(O)Sn1ccnn1. The molecular formula is C11H13N5O3S. The van der Waals surface area contributed by atoms with Crippen LogP contribution < -0.4 is 11.3 Å². The summed E-state index contributed by atoms with van der Waals surface area (Å²) in [5, 5.41) is 18.2. The van der Waals surface area contributed by atoms with Crippen LogP contribution >= 0.6 is 11.9 Å². The van der Waals surface area contributed by atoms with Crippen LogP contribution in [0.2, 0.25) is 0 Å². The molecule has 0 spiro atoms. The topological polar surface area (TPSA) is 123 Å². The Labute approximate surface area is 118 Å². The second-order valence-corrected chi connectivity index (χ2v) is 5.28. The van der Waals surface area contributed by atoms with Crippen molar-refractivity contribution < 1.29 is 14.7 Å². The van der Waals surface area contributed by atoms with Crippen LogP contribution in [0.1, 0.15) is 6.92 Å². The van der Waals surface area contributed by atoms with Crippen LogP contribution in [0.4, 0.5) is 0 Å². The predicted molar refractivity (Wildman–Crippen MR) is 71.7 cm³/mol. The van der Waals surface area contributed by atoms with Gasteiger partial charge in [0, 0.05) is 17.5 Å². The summed E-state index contributed by atoms with van der Waals surface area (Å²) >= 11 is 0.804. The number of aromatic nitrogens is 3. The molecule has 2 rings (SSSR count). The van der Waals surface area contributed by atoms with E-state index < -0.39 is 16.8 Å². The summed E-state index contributed by atoms with van der Waals surface area (Å²) < 4.78 is 1.27. The second-order valence-electron chi connectivity index (χ2n) is 4.10. The van der Waals surface area contributed by atoms with Gasteiger partial charge in [0.2, 0.25) is 5.91 Å². The molecule has 1 aliphatic rings. The van der Waals surface area contributed by atoms with E-state index in [0.717, 1.165) is 11.9 Å². The van der Waals surface area contributed by atoms with Crippen LogP contribution in [-0.4, -0.2) is 36.1 Å². The number of Topliss-reactive ketones (excluding diaryl/α,β-unsaturated/α-hetero) is 1. The van der Waals surface area contributed by atoms with E-state index in [2.05, 4.69) is 10.3 Å². The molecule has 0 aliphatic heterocycles. The number of carbonyl (C=O) groups excluding carboxylic acids is 2. The van der Waals surface area contributed by atoms with Gasteiger partial charge in [0.25, 0.3) is 0 Å². The standard InChI is InChI=1S/C11H13N5O3S/c1-7(17)8-3-2-4-9(10(18)14-12)11(8,19)20-16-6-5-13-15-16/h2-6,9,19H,12H2,1H3,(H,14,18). The summed E-state index contributed by atoms with van der Waals surface area (Å²) in [4.78, 5) is 21.7. The third-order valence-corrected chi connectivity index (χ3v) is 3.95. The van der Waals surface area contributed by atoms with Gasteiger partial charge in [-0.2, -0.15) is 4.09 Å². The number of ketones is 1. The molecule has 9 heteroatoms. The molecule has 1 amide bonds. The van der Waals surface area contributed by atoms with E-state index in [1.807, 2.05) is 5.43 Å². The molecule has 20 heavy (non-hydrogen) atoms. The van der Waals surface area contributed by atoms with Crippen molar-refractivity contribution in [2.24, 2.45) is 11.8 Å². The maximum Gasteiger partial charge on any atom is 0.245 e. The van der Waals surface area contributed by atoms with E-state index in [-0.39, 0.29) is 11.4 Å². The van der Waals surface area contributed by atoms with Gasteiger partial charge in [-0.15, -0.1) is 5.10 Å². The maximum absolute atomic E-state index is 11.8. The predicted octanol–water partition coefficient (Wildman–Crippen LogP) is -0.846.